The van der Waals surface area contributed by atoms with E-state index < -0.39 is 6.10 Å². The molecule has 20 heavy (non-hydrogen) atoms. The third kappa shape index (κ3) is 2.94. The fraction of sp³-hybridized carbons (Fsp3) is 0.412. The third-order valence-electron chi connectivity index (χ3n) is 3.95. The van der Waals surface area contributed by atoms with E-state index in [1.54, 1.807) is 12.1 Å². The highest BCUT2D eigenvalue weighted by molar-refractivity contribution is 7.19. The van der Waals surface area contributed by atoms with Crippen LogP contribution < -0.4 is 0 Å². The summed E-state index contributed by atoms with van der Waals surface area (Å²) < 4.78 is 14.1. The van der Waals surface area contributed by atoms with Gasteiger partial charge in [0, 0.05) is 9.58 Å². The third-order valence-corrected chi connectivity index (χ3v) is 5.10. The van der Waals surface area contributed by atoms with Crippen molar-refractivity contribution in [3.05, 3.63) is 46.6 Å². The maximum absolute atomic E-state index is 13.2. The number of hydrogen-bond donors (Lipinski definition) is 1. The Morgan fingerprint density at radius 2 is 1.95 bits per heavy atom. The number of aliphatic hydroxyl groups excluding tert-OH is 1. The van der Waals surface area contributed by atoms with Crippen molar-refractivity contribution in [1.29, 1.82) is 0 Å². The number of rotatable bonds is 2. The summed E-state index contributed by atoms with van der Waals surface area (Å²) in [5.41, 5.74) is 1.14. The molecule has 106 valence electrons. The van der Waals surface area contributed by atoms with E-state index in [9.17, 15) is 9.50 Å². The van der Waals surface area contributed by atoms with Crippen LogP contribution >= 0.6 is 11.3 Å². The van der Waals surface area contributed by atoms with Gasteiger partial charge in [-0.2, -0.15) is 0 Å². The molecule has 1 nitrogen and oxygen atoms in total. The van der Waals surface area contributed by atoms with E-state index in [0.29, 0.717) is 0 Å². The molecule has 2 aromatic rings. The molecule has 0 saturated carbocycles. The van der Waals surface area contributed by atoms with E-state index in [1.807, 2.05) is 6.07 Å². The predicted molar refractivity (Wildman–Crippen MR) is 82.5 cm³/mol. The molecule has 0 aliphatic heterocycles. The lowest BCUT2D eigenvalue weighted by molar-refractivity contribution is 0.213. The molecular weight excluding hydrogens is 271 g/mol. The molecule has 1 aromatic heterocycles. The molecule has 0 spiro atoms. The zero-order valence-corrected chi connectivity index (χ0v) is 12.3. The molecule has 1 heterocycles. The molecule has 0 fully saturated rings. The van der Waals surface area contributed by atoms with E-state index in [0.717, 1.165) is 39.8 Å². The van der Waals surface area contributed by atoms with E-state index in [1.165, 1.54) is 36.7 Å². The molecule has 3 heteroatoms. The van der Waals surface area contributed by atoms with Crippen LogP contribution in [0.2, 0.25) is 0 Å². The first-order valence-corrected chi connectivity index (χ1v) is 8.12. The summed E-state index contributed by atoms with van der Waals surface area (Å²) in [6, 6.07) is 6.79. The van der Waals surface area contributed by atoms with Crippen LogP contribution in [0.5, 0.6) is 0 Å². The number of allylic oxidation sites excluding steroid dienone is 1. The Morgan fingerprint density at radius 1 is 1.10 bits per heavy atom. The Balaban J connectivity index is 1.88. The predicted octanol–water partition coefficient (Wildman–Crippen LogP) is 5.35. The Hall–Kier alpha value is -1.19. The summed E-state index contributed by atoms with van der Waals surface area (Å²) in [5, 5.41) is 11.6. The second-order valence-electron chi connectivity index (χ2n) is 5.47. The quantitative estimate of drug-likeness (QED) is 0.739. The second-order valence-corrected chi connectivity index (χ2v) is 6.58. The maximum atomic E-state index is 13.2. The van der Waals surface area contributed by atoms with Gasteiger partial charge in [0.2, 0.25) is 0 Å². The van der Waals surface area contributed by atoms with E-state index in [-0.39, 0.29) is 5.82 Å². The molecule has 0 amide bonds. The molecule has 3 rings (SSSR count). The number of benzene rings is 1. The van der Waals surface area contributed by atoms with Crippen LogP contribution in [0.1, 0.15) is 49.5 Å². The molecule has 0 bridgehead atoms. The minimum absolute atomic E-state index is 0.217. The highest BCUT2D eigenvalue weighted by Gasteiger charge is 2.17. The molecule has 1 unspecified atom stereocenters. The summed E-state index contributed by atoms with van der Waals surface area (Å²) >= 11 is 1.49. The van der Waals surface area contributed by atoms with Crippen molar-refractivity contribution in [2.45, 2.75) is 44.6 Å². The number of aliphatic hydroxyl groups is 1. The maximum Gasteiger partial charge on any atom is 0.124 e. The van der Waals surface area contributed by atoms with Crippen molar-refractivity contribution in [3.8, 4) is 0 Å². The fourth-order valence-electron chi connectivity index (χ4n) is 2.81. The Morgan fingerprint density at radius 3 is 2.85 bits per heavy atom. The Kier molecular flexibility index (Phi) is 4.18. The van der Waals surface area contributed by atoms with Gasteiger partial charge in [-0.05, 0) is 54.8 Å². The largest absolute Gasteiger partial charge is 0.383 e. The molecule has 1 aliphatic carbocycles. The standard InChI is InChI=1S/C17H19FOS/c18-14-9-8-13-10-16(20-15(13)11-14)17(19)12-6-4-2-1-3-5-7-12/h6,8-11,17,19H,1-5,7H2/b12-6+. The fourth-order valence-corrected chi connectivity index (χ4v) is 3.93. The summed E-state index contributed by atoms with van der Waals surface area (Å²) in [7, 11) is 0. The van der Waals surface area contributed by atoms with Crippen molar-refractivity contribution in [2.24, 2.45) is 0 Å². The number of thiophene rings is 1. The van der Waals surface area contributed by atoms with Gasteiger partial charge in [-0.1, -0.05) is 25.0 Å². The van der Waals surface area contributed by atoms with Gasteiger partial charge in [-0.3, -0.25) is 0 Å². The van der Waals surface area contributed by atoms with Crippen LogP contribution in [0.25, 0.3) is 10.1 Å². The first-order chi connectivity index (χ1) is 9.74. The number of hydrogen-bond acceptors (Lipinski definition) is 2. The summed E-state index contributed by atoms with van der Waals surface area (Å²) in [6.07, 6.45) is 8.64. The normalized spacial score (nSPS) is 21.0. The van der Waals surface area contributed by atoms with Crippen molar-refractivity contribution >= 4 is 21.4 Å². The second kappa shape index (κ2) is 6.06. The van der Waals surface area contributed by atoms with Crippen LogP contribution in [0.3, 0.4) is 0 Å². The van der Waals surface area contributed by atoms with Gasteiger partial charge in [0.05, 0.1) is 0 Å². The van der Waals surface area contributed by atoms with Gasteiger partial charge in [0.15, 0.2) is 0 Å². The minimum atomic E-state index is -0.520. The van der Waals surface area contributed by atoms with Crippen LogP contribution in [0.15, 0.2) is 35.9 Å². The van der Waals surface area contributed by atoms with Crippen molar-refractivity contribution in [2.75, 3.05) is 0 Å². The van der Waals surface area contributed by atoms with Gasteiger partial charge in [-0.25, -0.2) is 4.39 Å². The zero-order valence-electron chi connectivity index (χ0n) is 11.4. The lowest BCUT2D eigenvalue weighted by Gasteiger charge is -2.16. The average molecular weight is 290 g/mol. The highest BCUT2D eigenvalue weighted by atomic mass is 32.1. The van der Waals surface area contributed by atoms with Gasteiger partial charge in [0.25, 0.3) is 0 Å². The topological polar surface area (TPSA) is 20.2 Å². The monoisotopic (exact) mass is 290 g/mol. The SMILES string of the molecule is OC(/C1=C/CCCCCC1)c1cc2ccc(F)cc2s1. The summed E-state index contributed by atoms with van der Waals surface area (Å²) in [4.78, 5) is 0.928. The van der Waals surface area contributed by atoms with Crippen LogP contribution in [-0.4, -0.2) is 5.11 Å². The number of fused-ring (bicyclic) bond motifs is 1. The summed E-state index contributed by atoms with van der Waals surface area (Å²) in [5.74, 6) is -0.217. The zero-order chi connectivity index (χ0) is 13.9. The van der Waals surface area contributed by atoms with Crippen molar-refractivity contribution in [3.63, 3.8) is 0 Å². The molecule has 1 aliphatic rings. The van der Waals surface area contributed by atoms with E-state index >= 15 is 0 Å². The smallest absolute Gasteiger partial charge is 0.124 e. The van der Waals surface area contributed by atoms with Crippen LogP contribution in [-0.2, 0) is 0 Å². The lowest BCUT2D eigenvalue weighted by Crippen LogP contribution is -2.01. The van der Waals surface area contributed by atoms with Crippen molar-refractivity contribution in [1.82, 2.24) is 0 Å². The Labute approximate surface area is 122 Å². The molecular formula is C17H19FOS. The van der Waals surface area contributed by atoms with Gasteiger partial charge in [0.1, 0.15) is 11.9 Å². The van der Waals surface area contributed by atoms with Crippen LogP contribution in [0, 0.1) is 5.82 Å². The Bertz CT molecular complexity index is 629. The summed E-state index contributed by atoms with van der Waals surface area (Å²) in [6.45, 7) is 0. The minimum Gasteiger partial charge on any atom is -0.383 e. The molecule has 0 radical (unpaired) electrons. The van der Waals surface area contributed by atoms with Gasteiger partial charge in [-0.15, -0.1) is 11.3 Å². The van der Waals surface area contributed by atoms with E-state index in [4.69, 9.17) is 0 Å². The molecule has 1 N–H and O–H groups in total. The van der Waals surface area contributed by atoms with Crippen LogP contribution in [0.4, 0.5) is 4.39 Å². The average Bonchev–Trinajstić information content (AvgIpc) is 2.80. The lowest BCUT2D eigenvalue weighted by atomic mass is 9.95. The molecule has 0 saturated heterocycles. The van der Waals surface area contributed by atoms with Gasteiger partial charge < -0.3 is 5.11 Å². The first kappa shape index (κ1) is 13.8. The molecule has 1 aromatic carbocycles. The number of halogens is 1. The first-order valence-electron chi connectivity index (χ1n) is 7.30. The van der Waals surface area contributed by atoms with Gasteiger partial charge >= 0.3 is 0 Å². The molecule has 1 atom stereocenters. The van der Waals surface area contributed by atoms with E-state index in [2.05, 4.69) is 6.08 Å². The highest BCUT2D eigenvalue weighted by Crippen LogP contribution is 2.36. The van der Waals surface area contributed by atoms with Crippen molar-refractivity contribution < 1.29 is 9.50 Å².